The molecule has 0 aliphatic carbocycles. The maximum Gasteiger partial charge on any atom is 0.316 e. The molecule has 3 rings (SSSR count). The fourth-order valence-electron chi connectivity index (χ4n) is 2.59. The zero-order valence-electron chi connectivity index (χ0n) is 12.6. The molecule has 0 N–H and O–H groups in total. The summed E-state index contributed by atoms with van der Waals surface area (Å²) in [5.41, 5.74) is 1.87. The number of likely N-dealkylation sites (tertiary alicyclic amines) is 1. The molecule has 1 aromatic carbocycles. The minimum atomic E-state index is -0.0504. The Morgan fingerprint density at radius 1 is 1.23 bits per heavy atom. The maximum absolute atomic E-state index is 12.5. The number of rotatable bonds is 3. The van der Waals surface area contributed by atoms with E-state index in [1.807, 2.05) is 36.1 Å². The highest BCUT2D eigenvalue weighted by molar-refractivity contribution is 5.94. The van der Waals surface area contributed by atoms with Gasteiger partial charge in [-0.15, -0.1) is 0 Å². The van der Waals surface area contributed by atoms with Crippen molar-refractivity contribution in [2.24, 2.45) is 0 Å². The van der Waals surface area contributed by atoms with Gasteiger partial charge in [-0.1, -0.05) is 17.7 Å². The van der Waals surface area contributed by atoms with Crippen LogP contribution in [0.15, 0.2) is 42.7 Å². The van der Waals surface area contributed by atoms with Crippen LogP contribution >= 0.6 is 0 Å². The summed E-state index contributed by atoms with van der Waals surface area (Å²) < 4.78 is 5.77. The number of aryl methyl sites for hydroxylation is 1. The Kier molecular flexibility index (Phi) is 4.32. The van der Waals surface area contributed by atoms with E-state index in [0.29, 0.717) is 12.6 Å². The standard InChI is InChI=1S/C17H19N3O2/c1-13-5-7-14(8-6-13)16(21)20-11-2-4-15(12-20)22-17-18-9-3-10-19-17/h3,5-10,15H,2,4,11-12H2,1H3. The van der Waals surface area contributed by atoms with Crippen LogP contribution in [0.5, 0.6) is 6.01 Å². The Bertz CT molecular complexity index is 628. The molecule has 1 fully saturated rings. The van der Waals surface area contributed by atoms with Crippen molar-refractivity contribution in [2.45, 2.75) is 25.9 Å². The maximum atomic E-state index is 12.5. The molecule has 1 amide bonds. The summed E-state index contributed by atoms with van der Waals surface area (Å²) in [6.45, 7) is 3.35. The van der Waals surface area contributed by atoms with Gasteiger partial charge >= 0.3 is 6.01 Å². The lowest BCUT2D eigenvalue weighted by atomic mass is 10.1. The summed E-state index contributed by atoms with van der Waals surface area (Å²) in [7, 11) is 0. The van der Waals surface area contributed by atoms with Crippen molar-refractivity contribution in [3.63, 3.8) is 0 Å². The Labute approximate surface area is 130 Å². The van der Waals surface area contributed by atoms with Crippen LogP contribution in [0.4, 0.5) is 0 Å². The minimum Gasteiger partial charge on any atom is -0.458 e. The number of hydrogen-bond acceptors (Lipinski definition) is 4. The molecular weight excluding hydrogens is 278 g/mol. The number of nitrogens with zero attached hydrogens (tertiary/aromatic N) is 3. The van der Waals surface area contributed by atoms with Crippen LogP contribution in [0, 0.1) is 6.92 Å². The molecule has 5 nitrogen and oxygen atoms in total. The predicted octanol–water partition coefficient (Wildman–Crippen LogP) is 2.47. The molecular formula is C17H19N3O2. The molecule has 2 heterocycles. The van der Waals surface area contributed by atoms with Crippen molar-refractivity contribution in [3.05, 3.63) is 53.9 Å². The molecule has 22 heavy (non-hydrogen) atoms. The van der Waals surface area contributed by atoms with Crippen molar-refractivity contribution in [2.75, 3.05) is 13.1 Å². The Morgan fingerprint density at radius 2 is 1.95 bits per heavy atom. The number of aromatic nitrogens is 2. The van der Waals surface area contributed by atoms with Gasteiger partial charge in [0, 0.05) is 24.5 Å². The predicted molar refractivity (Wildman–Crippen MR) is 82.8 cm³/mol. The fraction of sp³-hybridized carbons (Fsp3) is 0.353. The number of piperidine rings is 1. The Hall–Kier alpha value is -2.43. The summed E-state index contributed by atoms with van der Waals surface area (Å²) in [4.78, 5) is 22.5. The third kappa shape index (κ3) is 3.42. The smallest absolute Gasteiger partial charge is 0.316 e. The topological polar surface area (TPSA) is 55.3 Å². The van der Waals surface area contributed by atoms with Gasteiger partial charge in [0.1, 0.15) is 6.10 Å². The van der Waals surface area contributed by atoms with E-state index in [0.717, 1.165) is 30.5 Å². The quantitative estimate of drug-likeness (QED) is 0.873. The molecule has 5 heteroatoms. The van der Waals surface area contributed by atoms with Gasteiger partial charge in [-0.25, -0.2) is 9.97 Å². The van der Waals surface area contributed by atoms with Crippen LogP contribution in [-0.2, 0) is 0 Å². The molecule has 114 valence electrons. The highest BCUT2D eigenvalue weighted by Gasteiger charge is 2.26. The number of benzene rings is 1. The molecule has 1 aliphatic rings. The Morgan fingerprint density at radius 3 is 2.68 bits per heavy atom. The zero-order chi connectivity index (χ0) is 15.4. The summed E-state index contributed by atoms with van der Waals surface area (Å²) in [5, 5.41) is 0. The fourth-order valence-corrected chi connectivity index (χ4v) is 2.59. The lowest BCUT2D eigenvalue weighted by Crippen LogP contribution is -2.44. The number of ether oxygens (including phenoxy) is 1. The summed E-state index contributed by atoms with van der Waals surface area (Å²) in [6.07, 6.45) is 5.09. The molecule has 1 saturated heterocycles. The molecule has 0 radical (unpaired) electrons. The van der Waals surface area contributed by atoms with E-state index in [9.17, 15) is 4.79 Å². The van der Waals surface area contributed by atoms with Crippen molar-refractivity contribution < 1.29 is 9.53 Å². The van der Waals surface area contributed by atoms with E-state index in [2.05, 4.69) is 9.97 Å². The lowest BCUT2D eigenvalue weighted by Gasteiger charge is -2.32. The molecule has 2 aromatic rings. The molecule has 1 unspecified atom stereocenters. The van der Waals surface area contributed by atoms with E-state index < -0.39 is 0 Å². The second-order valence-electron chi connectivity index (χ2n) is 5.53. The van der Waals surface area contributed by atoms with E-state index in [-0.39, 0.29) is 12.0 Å². The first kappa shape index (κ1) is 14.5. The monoisotopic (exact) mass is 297 g/mol. The van der Waals surface area contributed by atoms with Crippen LogP contribution in [-0.4, -0.2) is 40.0 Å². The number of carbonyl (C=O) groups is 1. The first-order valence-corrected chi connectivity index (χ1v) is 7.52. The van der Waals surface area contributed by atoms with Crippen LogP contribution in [0.2, 0.25) is 0 Å². The average molecular weight is 297 g/mol. The van der Waals surface area contributed by atoms with Crippen molar-refractivity contribution >= 4 is 5.91 Å². The average Bonchev–Trinajstić information content (AvgIpc) is 2.56. The van der Waals surface area contributed by atoms with Gasteiger partial charge in [0.25, 0.3) is 5.91 Å². The van der Waals surface area contributed by atoms with Crippen LogP contribution < -0.4 is 4.74 Å². The number of carbonyl (C=O) groups excluding carboxylic acids is 1. The number of hydrogen-bond donors (Lipinski definition) is 0. The van der Waals surface area contributed by atoms with Gasteiger partial charge in [0.15, 0.2) is 0 Å². The van der Waals surface area contributed by atoms with E-state index in [1.165, 1.54) is 0 Å². The van der Waals surface area contributed by atoms with Gasteiger partial charge in [-0.3, -0.25) is 4.79 Å². The first-order chi connectivity index (χ1) is 10.7. The summed E-state index contributed by atoms with van der Waals surface area (Å²) in [5.74, 6) is 0.0577. The highest BCUT2D eigenvalue weighted by atomic mass is 16.5. The molecule has 1 atom stereocenters. The lowest BCUT2D eigenvalue weighted by molar-refractivity contribution is 0.0516. The minimum absolute atomic E-state index is 0.0504. The zero-order valence-corrected chi connectivity index (χ0v) is 12.6. The normalized spacial score (nSPS) is 18.0. The number of amides is 1. The van der Waals surface area contributed by atoms with E-state index in [1.54, 1.807) is 18.5 Å². The summed E-state index contributed by atoms with van der Waals surface area (Å²) in [6, 6.07) is 9.80. The second-order valence-corrected chi connectivity index (χ2v) is 5.53. The van der Waals surface area contributed by atoms with Gasteiger partial charge < -0.3 is 9.64 Å². The molecule has 0 saturated carbocycles. The summed E-state index contributed by atoms with van der Waals surface area (Å²) >= 11 is 0. The van der Waals surface area contributed by atoms with Crippen LogP contribution in [0.1, 0.15) is 28.8 Å². The Balaban J connectivity index is 1.65. The van der Waals surface area contributed by atoms with E-state index in [4.69, 9.17) is 4.74 Å². The van der Waals surface area contributed by atoms with Crippen molar-refractivity contribution in [3.8, 4) is 6.01 Å². The largest absolute Gasteiger partial charge is 0.458 e. The third-order valence-electron chi connectivity index (χ3n) is 3.78. The third-order valence-corrected chi connectivity index (χ3v) is 3.78. The highest BCUT2D eigenvalue weighted by Crippen LogP contribution is 2.17. The van der Waals surface area contributed by atoms with E-state index >= 15 is 0 Å². The second kappa shape index (κ2) is 6.56. The molecule has 1 aromatic heterocycles. The van der Waals surface area contributed by atoms with Gasteiger partial charge in [-0.05, 0) is 38.0 Å². The van der Waals surface area contributed by atoms with Crippen LogP contribution in [0.3, 0.4) is 0 Å². The molecule has 1 aliphatic heterocycles. The van der Waals surface area contributed by atoms with Crippen molar-refractivity contribution in [1.29, 1.82) is 0 Å². The van der Waals surface area contributed by atoms with Gasteiger partial charge in [0.05, 0.1) is 6.54 Å². The van der Waals surface area contributed by atoms with Crippen LogP contribution in [0.25, 0.3) is 0 Å². The van der Waals surface area contributed by atoms with Gasteiger partial charge in [-0.2, -0.15) is 0 Å². The van der Waals surface area contributed by atoms with Crippen molar-refractivity contribution in [1.82, 2.24) is 14.9 Å². The molecule has 0 bridgehead atoms. The SMILES string of the molecule is Cc1ccc(C(=O)N2CCCC(Oc3ncccn3)C2)cc1. The van der Waals surface area contributed by atoms with Gasteiger partial charge in [0.2, 0.25) is 0 Å². The molecule has 0 spiro atoms. The first-order valence-electron chi connectivity index (χ1n) is 7.52.